The van der Waals surface area contributed by atoms with Crippen molar-refractivity contribution in [1.29, 1.82) is 0 Å². The van der Waals surface area contributed by atoms with Crippen LogP contribution in [0, 0.1) is 23.2 Å². The highest BCUT2D eigenvalue weighted by Gasteiger charge is 2.62. The number of hydrogen-bond acceptors (Lipinski definition) is 2. The van der Waals surface area contributed by atoms with Crippen LogP contribution in [0.25, 0.3) is 0 Å². The maximum absolute atomic E-state index is 12.5. The van der Waals surface area contributed by atoms with Gasteiger partial charge in [-0.25, -0.2) is 0 Å². The molecule has 0 saturated heterocycles. The third-order valence-electron chi connectivity index (χ3n) is 5.97. The lowest BCUT2D eigenvalue weighted by molar-refractivity contribution is -0.159. The van der Waals surface area contributed by atoms with Crippen molar-refractivity contribution in [2.75, 3.05) is 6.61 Å². The molecule has 0 aromatic carbocycles. The van der Waals surface area contributed by atoms with Crippen LogP contribution in [0.3, 0.4) is 0 Å². The van der Waals surface area contributed by atoms with Gasteiger partial charge in [0.1, 0.15) is 4.87 Å². The Morgan fingerprint density at radius 2 is 1.63 bits per heavy atom. The molecule has 0 amide bonds. The van der Waals surface area contributed by atoms with Crippen LogP contribution in [0.5, 0.6) is 0 Å². The van der Waals surface area contributed by atoms with Gasteiger partial charge in [-0.2, -0.15) is 0 Å². The number of esters is 1. The van der Waals surface area contributed by atoms with Crippen LogP contribution in [-0.2, 0) is 9.53 Å². The summed E-state index contributed by atoms with van der Waals surface area (Å²) in [4.78, 5) is 11.7. The van der Waals surface area contributed by atoms with Gasteiger partial charge in [-0.1, -0.05) is 6.92 Å². The minimum absolute atomic E-state index is 0.0182. The summed E-state index contributed by atoms with van der Waals surface area (Å²) in [6.07, 6.45) is 8.26. The molecule has 4 aliphatic carbocycles. The Bertz CT molecular complexity index is 344. The van der Waals surface area contributed by atoms with E-state index in [4.69, 9.17) is 16.3 Å². The zero-order chi connectivity index (χ0) is 13.7. The standard InChI is InChI=1S/C16H25ClO2/c1-3-16(17,14(18)19-4-2)15-8-11-5-12(9-15)7-13(6-11)10-15/h11-13H,3-10H2,1-2H3. The Morgan fingerprint density at radius 3 is 2.00 bits per heavy atom. The van der Waals surface area contributed by atoms with Gasteiger partial charge in [-0.3, -0.25) is 4.79 Å². The molecule has 4 bridgehead atoms. The van der Waals surface area contributed by atoms with E-state index in [0.29, 0.717) is 13.0 Å². The first-order valence-electron chi connectivity index (χ1n) is 7.89. The van der Waals surface area contributed by atoms with Crippen LogP contribution in [0.15, 0.2) is 0 Å². The smallest absolute Gasteiger partial charge is 0.327 e. The van der Waals surface area contributed by atoms with Crippen molar-refractivity contribution in [1.82, 2.24) is 0 Å². The summed E-state index contributed by atoms with van der Waals surface area (Å²) >= 11 is 6.90. The van der Waals surface area contributed by atoms with Gasteiger partial charge in [-0.15, -0.1) is 11.6 Å². The van der Waals surface area contributed by atoms with E-state index in [1.54, 1.807) is 0 Å². The van der Waals surface area contributed by atoms with Gasteiger partial charge in [0.2, 0.25) is 0 Å². The highest BCUT2D eigenvalue weighted by atomic mass is 35.5. The lowest BCUT2D eigenvalue weighted by Crippen LogP contribution is -2.59. The van der Waals surface area contributed by atoms with Crippen LogP contribution in [-0.4, -0.2) is 17.5 Å². The molecular formula is C16H25ClO2. The molecule has 0 aromatic rings. The fourth-order valence-electron chi connectivity index (χ4n) is 5.58. The number of halogens is 1. The van der Waals surface area contributed by atoms with E-state index in [1.807, 2.05) is 13.8 Å². The first-order valence-corrected chi connectivity index (χ1v) is 8.27. The van der Waals surface area contributed by atoms with Gasteiger partial charge >= 0.3 is 5.97 Å². The Morgan fingerprint density at radius 1 is 1.16 bits per heavy atom. The van der Waals surface area contributed by atoms with Gasteiger partial charge in [0.05, 0.1) is 6.61 Å². The summed E-state index contributed by atoms with van der Waals surface area (Å²) in [7, 11) is 0. The molecule has 108 valence electrons. The number of carbonyl (C=O) groups is 1. The van der Waals surface area contributed by atoms with Crippen LogP contribution < -0.4 is 0 Å². The Hall–Kier alpha value is -0.240. The molecule has 0 heterocycles. The largest absolute Gasteiger partial charge is 0.465 e. The third kappa shape index (κ3) is 1.93. The summed E-state index contributed by atoms with van der Waals surface area (Å²) in [5, 5.41) is 0. The average molecular weight is 285 g/mol. The molecule has 0 aliphatic heterocycles. The first kappa shape index (κ1) is 13.7. The minimum Gasteiger partial charge on any atom is -0.465 e. The molecule has 3 heteroatoms. The Kier molecular flexibility index (Phi) is 3.36. The molecule has 4 rings (SSSR count). The van der Waals surface area contributed by atoms with E-state index in [2.05, 4.69) is 0 Å². The number of alkyl halides is 1. The molecule has 4 aliphatic rings. The van der Waals surface area contributed by atoms with Gasteiger partial charge in [-0.05, 0) is 69.6 Å². The molecule has 0 N–H and O–H groups in total. The highest BCUT2D eigenvalue weighted by molar-refractivity contribution is 6.34. The minimum atomic E-state index is -0.779. The fourth-order valence-corrected chi connectivity index (χ4v) is 5.86. The lowest BCUT2D eigenvalue weighted by atomic mass is 9.46. The van der Waals surface area contributed by atoms with Crippen LogP contribution in [0.4, 0.5) is 0 Å². The normalized spacial score (nSPS) is 43.0. The van der Waals surface area contributed by atoms with Crippen LogP contribution in [0.1, 0.15) is 58.8 Å². The molecular weight excluding hydrogens is 260 g/mol. The zero-order valence-electron chi connectivity index (χ0n) is 12.1. The molecule has 1 atom stereocenters. The molecule has 0 radical (unpaired) electrons. The summed E-state index contributed by atoms with van der Waals surface area (Å²) in [6.45, 7) is 4.34. The summed E-state index contributed by atoms with van der Waals surface area (Å²) in [5.41, 5.74) is 0.0182. The summed E-state index contributed by atoms with van der Waals surface area (Å²) < 4.78 is 5.32. The Balaban J connectivity index is 1.92. The third-order valence-corrected chi connectivity index (χ3v) is 6.79. The van der Waals surface area contributed by atoms with E-state index >= 15 is 0 Å². The highest BCUT2D eigenvalue weighted by Crippen LogP contribution is 2.65. The molecule has 19 heavy (non-hydrogen) atoms. The molecule has 2 nitrogen and oxygen atoms in total. The van der Waals surface area contributed by atoms with Crippen LogP contribution >= 0.6 is 11.6 Å². The molecule has 4 saturated carbocycles. The van der Waals surface area contributed by atoms with Gasteiger partial charge < -0.3 is 4.74 Å². The van der Waals surface area contributed by atoms with E-state index in [1.165, 1.54) is 19.3 Å². The second kappa shape index (κ2) is 4.65. The number of rotatable bonds is 4. The van der Waals surface area contributed by atoms with Gasteiger partial charge in [0.15, 0.2) is 0 Å². The van der Waals surface area contributed by atoms with Crippen molar-refractivity contribution in [2.24, 2.45) is 23.2 Å². The van der Waals surface area contributed by atoms with Crippen molar-refractivity contribution in [3.05, 3.63) is 0 Å². The van der Waals surface area contributed by atoms with Crippen molar-refractivity contribution in [3.8, 4) is 0 Å². The van der Waals surface area contributed by atoms with E-state index in [-0.39, 0.29) is 11.4 Å². The second-order valence-corrected chi connectivity index (χ2v) is 7.72. The fraction of sp³-hybridized carbons (Fsp3) is 0.938. The lowest BCUT2D eigenvalue weighted by Gasteiger charge is -2.61. The zero-order valence-corrected chi connectivity index (χ0v) is 12.8. The van der Waals surface area contributed by atoms with Gasteiger partial charge in [0.25, 0.3) is 0 Å². The molecule has 0 spiro atoms. The van der Waals surface area contributed by atoms with Crippen molar-refractivity contribution < 1.29 is 9.53 Å². The number of ether oxygens (including phenoxy) is 1. The predicted molar refractivity (Wildman–Crippen MR) is 76.1 cm³/mol. The monoisotopic (exact) mass is 284 g/mol. The maximum Gasteiger partial charge on any atom is 0.327 e. The van der Waals surface area contributed by atoms with Crippen LogP contribution in [0.2, 0.25) is 0 Å². The first-order chi connectivity index (χ1) is 9.03. The number of carbonyl (C=O) groups excluding carboxylic acids is 1. The number of hydrogen-bond donors (Lipinski definition) is 0. The average Bonchev–Trinajstić information content (AvgIpc) is 2.36. The SMILES string of the molecule is CCOC(=O)C(Cl)(CC)C12CC3CC(CC(C3)C1)C2. The molecule has 0 aromatic heterocycles. The second-order valence-electron chi connectivity index (χ2n) is 7.07. The topological polar surface area (TPSA) is 26.3 Å². The van der Waals surface area contributed by atoms with E-state index in [0.717, 1.165) is 37.0 Å². The molecule has 4 fully saturated rings. The molecule has 1 unspecified atom stereocenters. The Labute approximate surface area is 121 Å². The maximum atomic E-state index is 12.5. The van der Waals surface area contributed by atoms with Gasteiger partial charge in [0, 0.05) is 5.41 Å². The predicted octanol–water partition coefficient (Wildman–Crippen LogP) is 4.15. The summed E-state index contributed by atoms with van der Waals surface area (Å²) in [5.74, 6) is 2.27. The quantitative estimate of drug-likeness (QED) is 0.572. The summed E-state index contributed by atoms with van der Waals surface area (Å²) in [6, 6.07) is 0. The van der Waals surface area contributed by atoms with Crippen molar-refractivity contribution in [2.45, 2.75) is 63.7 Å². The van der Waals surface area contributed by atoms with Crippen molar-refractivity contribution >= 4 is 17.6 Å². The van der Waals surface area contributed by atoms with Crippen molar-refractivity contribution in [3.63, 3.8) is 0 Å². The van der Waals surface area contributed by atoms with E-state index in [9.17, 15) is 4.79 Å². The van der Waals surface area contributed by atoms with E-state index < -0.39 is 4.87 Å².